The Morgan fingerprint density at radius 3 is 2.33 bits per heavy atom. The van der Waals surface area contributed by atoms with E-state index in [1.54, 1.807) is 6.92 Å². The summed E-state index contributed by atoms with van der Waals surface area (Å²) in [5.41, 5.74) is -1.24. The molecule has 7 heteroatoms. The van der Waals surface area contributed by atoms with Crippen LogP contribution in [0.25, 0.3) is 0 Å². The number of benzene rings is 1. The van der Waals surface area contributed by atoms with Gasteiger partial charge < -0.3 is 17.7 Å². The Labute approximate surface area is 128 Å². The molecule has 0 spiro atoms. The molecule has 1 aromatic carbocycles. The zero-order valence-electron chi connectivity index (χ0n) is 8.44. The van der Waals surface area contributed by atoms with Crippen LogP contribution in [0.4, 0.5) is 17.3 Å². The summed E-state index contributed by atoms with van der Waals surface area (Å²) in [6.45, 7) is -3.61. The van der Waals surface area contributed by atoms with Crippen LogP contribution >= 0.6 is 0 Å². The van der Waals surface area contributed by atoms with Crippen LogP contribution in [-0.2, 0) is 0 Å². The average molecular weight is 246 g/mol. The fourth-order valence-electron chi connectivity index (χ4n) is 1.05. The first kappa shape index (κ1) is 15.4. The van der Waals surface area contributed by atoms with Crippen molar-refractivity contribution in [3.05, 3.63) is 24.0 Å². The summed E-state index contributed by atoms with van der Waals surface area (Å²) in [5.74, 6) is -1.69. The summed E-state index contributed by atoms with van der Waals surface area (Å²) in [7, 11) is 0. The minimum absolute atomic E-state index is 0. The molecule has 0 aliphatic rings. The second-order valence-corrected chi connectivity index (χ2v) is 2.67. The molecule has 0 radical (unpaired) electrons. The van der Waals surface area contributed by atoms with Crippen molar-refractivity contribution in [2.24, 2.45) is 0 Å². The van der Waals surface area contributed by atoms with Crippen LogP contribution in [0.1, 0.15) is 6.92 Å². The second-order valence-electron chi connectivity index (χ2n) is 2.67. The van der Waals surface area contributed by atoms with Gasteiger partial charge in [0.15, 0.2) is 5.75 Å². The zero-order valence-corrected chi connectivity index (χ0v) is 11.6. The van der Waals surface area contributed by atoms with E-state index < -0.39 is 18.3 Å². The molecule has 0 N–H and O–H groups in total. The first-order valence-corrected chi connectivity index (χ1v) is 4.08. The summed E-state index contributed by atoms with van der Waals surface area (Å²) in [4.78, 5) is 0. The molecule has 0 aliphatic heterocycles. The van der Waals surface area contributed by atoms with Gasteiger partial charge in [0.25, 0.3) is 0 Å². The van der Waals surface area contributed by atoms with Crippen molar-refractivity contribution in [2.45, 2.75) is 6.92 Å². The van der Waals surface area contributed by atoms with Crippen LogP contribution in [-0.4, -0.2) is 13.6 Å². The van der Waals surface area contributed by atoms with Crippen molar-refractivity contribution in [1.82, 2.24) is 0 Å². The average Bonchev–Trinajstić information content (AvgIpc) is 2.07. The van der Waals surface area contributed by atoms with Crippen molar-refractivity contribution in [3.8, 4) is 5.75 Å². The van der Waals surface area contributed by atoms with Crippen LogP contribution < -0.4 is 61.6 Å². The van der Waals surface area contributed by atoms with Gasteiger partial charge in [-0.3, -0.25) is 0 Å². The third kappa shape index (κ3) is 4.07. The van der Waals surface area contributed by atoms with Gasteiger partial charge in [0.05, 0.1) is 6.61 Å². The SMILES string of the molecule is CCOc1cccc([B-](F)(F)F)c1F.[K+]. The molecule has 0 atom stereocenters. The summed E-state index contributed by atoms with van der Waals surface area (Å²) in [6.07, 6.45) is 0. The molecule has 1 nitrogen and oxygen atoms in total. The number of rotatable bonds is 3. The topological polar surface area (TPSA) is 9.23 Å². The van der Waals surface area contributed by atoms with Crippen LogP contribution in [0, 0.1) is 5.82 Å². The van der Waals surface area contributed by atoms with Crippen molar-refractivity contribution in [3.63, 3.8) is 0 Å². The summed E-state index contributed by atoms with van der Waals surface area (Å²) in [5, 5.41) is 0. The van der Waals surface area contributed by atoms with Gasteiger partial charge in [-0.1, -0.05) is 17.6 Å². The number of ether oxygens (including phenoxy) is 1. The molecule has 15 heavy (non-hydrogen) atoms. The Balaban J connectivity index is 0.00000196. The number of hydrogen-bond donors (Lipinski definition) is 0. The van der Waals surface area contributed by atoms with Crippen molar-refractivity contribution in [1.29, 1.82) is 0 Å². The van der Waals surface area contributed by atoms with E-state index in [1.165, 1.54) is 6.07 Å². The predicted octanol–water partition coefficient (Wildman–Crippen LogP) is -0.717. The first-order valence-electron chi connectivity index (χ1n) is 4.08. The largest absolute Gasteiger partial charge is 1.00 e. The maximum absolute atomic E-state index is 13.1. The van der Waals surface area contributed by atoms with Gasteiger partial charge in [-0.2, -0.15) is 0 Å². The molecule has 78 valence electrons. The van der Waals surface area contributed by atoms with Crippen LogP contribution in [0.15, 0.2) is 18.2 Å². The van der Waals surface area contributed by atoms with Crippen LogP contribution in [0.5, 0.6) is 5.75 Å². The molecule has 0 unspecified atom stereocenters. The van der Waals surface area contributed by atoms with E-state index in [4.69, 9.17) is 4.74 Å². The van der Waals surface area contributed by atoms with Crippen molar-refractivity contribution < 1.29 is 73.5 Å². The van der Waals surface area contributed by atoms with Gasteiger partial charge in [0.2, 0.25) is 0 Å². The second kappa shape index (κ2) is 6.24. The fourth-order valence-corrected chi connectivity index (χ4v) is 1.05. The molecular formula is C8H8BF4KO. The summed E-state index contributed by atoms with van der Waals surface area (Å²) >= 11 is 0. The molecule has 0 saturated heterocycles. The molecular weight excluding hydrogens is 238 g/mol. The maximum atomic E-state index is 13.1. The van der Waals surface area contributed by atoms with Gasteiger partial charge in [-0.15, -0.1) is 0 Å². The van der Waals surface area contributed by atoms with Gasteiger partial charge in [-0.05, 0) is 13.0 Å². The molecule has 1 aromatic rings. The van der Waals surface area contributed by atoms with Crippen LogP contribution in [0.3, 0.4) is 0 Å². The molecule has 0 aromatic heterocycles. The van der Waals surface area contributed by atoms with Crippen LogP contribution in [0.2, 0.25) is 0 Å². The minimum atomic E-state index is -5.32. The minimum Gasteiger partial charge on any atom is -0.491 e. The van der Waals surface area contributed by atoms with E-state index in [0.29, 0.717) is 6.07 Å². The molecule has 0 fully saturated rings. The summed E-state index contributed by atoms with van der Waals surface area (Å²) < 4.78 is 54.5. The van der Waals surface area contributed by atoms with E-state index in [9.17, 15) is 17.3 Å². The third-order valence-corrected chi connectivity index (χ3v) is 1.65. The van der Waals surface area contributed by atoms with Crippen molar-refractivity contribution >= 4 is 12.4 Å². The van der Waals surface area contributed by atoms with E-state index in [0.717, 1.165) is 6.07 Å². The van der Waals surface area contributed by atoms with E-state index in [-0.39, 0.29) is 63.7 Å². The van der Waals surface area contributed by atoms with Gasteiger partial charge in [-0.25, -0.2) is 4.39 Å². The molecule has 0 aliphatic carbocycles. The smallest absolute Gasteiger partial charge is 0.491 e. The normalized spacial score (nSPS) is 10.7. The van der Waals surface area contributed by atoms with Crippen molar-refractivity contribution in [2.75, 3.05) is 6.61 Å². The van der Waals surface area contributed by atoms with E-state index >= 15 is 0 Å². The van der Waals surface area contributed by atoms with E-state index in [2.05, 4.69) is 0 Å². The zero-order chi connectivity index (χ0) is 10.8. The molecule has 1 rings (SSSR count). The first-order chi connectivity index (χ1) is 6.46. The Morgan fingerprint density at radius 1 is 1.27 bits per heavy atom. The Hall–Kier alpha value is 0.441. The fraction of sp³-hybridized carbons (Fsp3) is 0.250. The van der Waals surface area contributed by atoms with Gasteiger partial charge >= 0.3 is 58.4 Å². The third-order valence-electron chi connectivity index (χ3n) is 1.65. The Bertz CT molecular complexity index is 329. The molecule has 0 amide bonds. The monoisotopic (exact) mass is 246 g/mol. The van der Waals surface area contributed by atoms with Gasteiger partial charge in [0, 0.05) is 0 Å². The standard InChI is InChI=1S/C8H8BF4O.K/c1-2-14-7-5-3-4-6(8(7)10)9(11,12)13;/h3-5H,2H2,1H3;/q-1;+1. The van der Waals surface area contributed by atoms with E-state index in [1.807, 2.05) is 0 Å². The maximum Gasteiger partial charge on any atom is 1.00 e. The Kier molecular flexibility index (Phi) is 6.43. The van der Waals surface area contributed by atoms with Gasteiger partial charge in [0.1, 0.15) is 5.82 Å². The molecule has 0 saturated carbocycles. The Morgan fingerprint density at radius 2 is 1.87 bits per heavy atom. The molecule has 0 heterocycles. The predicted molar refractivity (Wildman–Crippen MR) is 46.3 cm³/mol. The quantitative estimate of drug-likeness (QED) is 0.505. The number of hydrogen-bond acceptors (Lipinski definition) is 1. The molecule has 0 bridgehead atoms. The number of halogens is 4. The summed E-state index contributed by atoms with van der Waals surface area (Å²) in [6, 6.07) is 3.00.